The van der Waals surface area contributed by atoms with E-state index in [1.165, 1.54) is 0 Å². The van der Waals surface area contributed by atoms with Crippen molar-refractivity contribution in [2.24, 2.45) is 0 Å². The lowest BCUT2D eigenvalue weighted by Crippen LogP contribution is -2.47. The summed E-state index contributed by atoms with van der Waals surface area (Å²) in [6.45, 7) is 2.19. The number of rotatable bonds is 3. The molecule has 0 spiro atoms. The van der Waals surface area contributed by atoms with Gasteiger partial charge in [0.15, 0.2) is 9.84 Å². The van der Waals surface area contributed by atoms with Crippen molar-refractivity contribution in [3.05, 3.63) is 24.0 Å². The molecule has 2 rings (SSSR count). The Hall–Kier alpha value is -1.03. The molecule has 0 bridgehead atoms. The molecule has 9 heteroatoms. The van der Waals surface area contributed by atoms with Crippen LogP contribution in [-0.4, -0.2) is 53.2 Å². The van der Waals surface area contributed by atoms with Crippen LogP contribution in [0.2, 0.25) is 0 Å². The lowest BCUT2D eigenvalue weighted by molar-refractivity contribution is 0.0392. The smallest absolute Gasteiger partial charge is 0.246 e. The predicted octanol–water partition coefficient (Wildman–Crippen LogP) is 0.639. The first kappa shape index (κ1) is 16.3. The fourth-order valence-corrected chi connectivity index (χ4v) is 4.52. The van der Waals surface area contributed by atoms with Crippen molar-refractivity contribution in [2.45, 2.75) is 22.8 Å². The SMILES string of the molecule is CC1COCCN1S(=O)(=O)c1cc(S(C)(=O)=O)ccc1F. The number of nitrogens with zero attached hydrogens (tertiary/aromatic N) is 1. The molecular weight excluding hydrogens is 321 g/mol. The van der Waals surface area contributed by atoms with Crippen molar-refractivity contribution in [3.8, 4) is 0 Å². The second kappa shape index (κ2) is 5.64. The maximum atomic E-state index is 13.9. The second-order valence-corrected chi connectivity index (χ2v) is 8.78. The van der Waals surface area contributed by atoms with Crippen LogP contribution in [0, 0.1) is 5.82 Å². The topological polar surface area (TPSA) is 80.8 Å². The zero-order chi connectivity index (χ0) is 15.8. The first-order valence-electron chi connectivity index (χ1n) is 6.23. The van der Waals surface area contributed by atoms with Crippen LogP contribution >= 0.6 is 0 Å². The normalized spacial score (nSPS) is 21.4. The number of sulfone groups is 1. The van der Waals surface area contributed by atoms with Gasteiger partial charge in [0.2, 0.25) is 10.0 Å². The van der Waals surface area contributed by atoms with Gasteiger partial charge < -0.3 is 4.74 Å². The Morgan fingerprint density at radius 2 is 1.95 bits per heavy atom. The van der Waals surface area contributed by atoms with Crippen LogP contribution in [0.15, 0.2) is 28.0 Å². The summed E-state index contributed by atoms with van der Waals surface area (Å²) in [5.41, 5.74) is 0. The van der Waals surface area contributed by atoms with Gasteiger partial charge in [-0.2, -0.15) is 4.31 Å². The molecule has 1 aliphatic rings. The molecule has 1 unspecified atom stereocenters. The number of ether oxygens (including phenoxy) is 1. The molecule has 118 valence electrons. The third-order valence-electron chi connectivity index (χ3n) is 3.22. The molecule has 1 aromatic carbocycles. The lowest BCUT2D eigenvalue weighted by Gasteiger charge is -2.32. The Balaban J connectivity index is 2.54. The first-order valence-corrected chi connectivity index (χ1v) is 9.56. The number of morpholine rings is 1. The molecule has 1 atom stereocenters. The highest BCUT2D eigenvalue weighted by Gasteiger charge is 2.34. The summed E-state index contributed by atoms with van der Waals surface area (Å²) in [5, 5.41) is 0. The molecule has 1 fully saturated rings. The zero-order valence-corrected chi connectivity index (χ0v) is 13.2. The quantitative estimate of drug-likeness (QED) is 0.756. The minimum absolute atomic E-state index is 0.103. The molecule has 0 aliphatic carbocycles. The van der Waals surface area contributed by atoms with Crippen molar-refractivity contribution < 1.29 is 26.0 Å². The van der Waals surface area contributed by atoms with Crippen LogP contribution in [-0.2, 0) is 24.6 Å². The van der Waals surface area contributed by atoms with Crippen LogP contribution in [0.4, 0.5) is 4.39 Å². The van der Waals surface area contributed by atoms with Gasteiger partial charge in [-0.25, -0.2) is 21.2 Å². The van der Waals surface area contributed by atoms with E-state index in [0.29, 0.717) is 0 Å². The van der Waals surface area contributed by atoms with E-state index in [4.69, 9.17) is 4.74 Å². The van der Waals surface area contributed by atoms with Gasteiger partial charge in [0.25, 0.3) is 0 Å². The van der Waals surface area contributed by atoms with Crippen LogP contribution < -0.4 is 0 Å². The van der Waals surface area contributed by atoms with E-state index in [-0.39, 0.29) is 24.7 Å². The van der Waals surface area contributed by atoms with Gasteiger partial charge in [0.1, 0.15) is 10.7 Å². The van der Waals surface area contributed by atoms with E-state index < -0.39 is 36.6 Å². The fraction of sp³-hybridized carbons (Fsp3) is 0.500. The van der Waals surface area contributed by atoms with Crippen molar-refractivity contribution in [1.82, 2.24) is 4.31 Å². The fourth-order valence-electron chi connectivity index (χ4n) is 2.11. The maximum absolute atomic E-state index is 13.9. The highest BCUT2D eigenvalue weighted by atomic mass is 32.2. The molecule has 6 nitrogen and oxygen atoms in total. The van der Waals surface area contributed by atoms with Gasteiger partial charge in [0, 0.05) is 18.8 Å². The standard InChI is InChI=1S/C12H16FNO5S2/c1-9-8-19-6-5-14(9)21(17,18)12-7-10(20(2,15)16)3-4-11(12)13/h3-4,7,9H,5-6,8H2,1-2H3. The van der Waals surface area contributed by atoms with E-state index in [2.05, 4.69) is 0 Å². The average Bonchev–Trinajstić information content (AvgIpc) is 2.37. The van der Waals surface area contributed by atoms with Crippen molar-refractivity contribution >= 4 is 19.9 Å². The van der Waals surface area contributed by atoms with E-state index in [9.17, 15) is 21.2 Å². The molecule has 0 saturated carbocycles. The number of sulfonamides is 1. The van der Waals surface area contributed by atoms with Gasteiger partial charge in [-0.15, -0.1) is 0 Å². The molecule has 0 aromatic heterocycles. The minimum Gasteiger partial charge on any atom is -0.378 e. The summed E-state index contributed by atoms with van der Waals surface area (Å²) in [6.07, 6.45) is 0.938. The summed E-state index contributed by atoms with van der Waals surface area (Å²) in [7, 11) is -7.73. The molecular formula is C12H16FNO5S2. The third-order valence-corrected chi connectivity index (χ3v) is 6.36. The van der Waals surface area contributed by atoms with Crippen molar-refractivity contribution in [2.75, 3.05) is 26.0 Å². The predicted molar refractivity (Wildman–Crippen MR) is 73.7 cm³/mol. The highest BCUT2D eigenvalue weighted by Crippen LogP contribution is 2.25. The van der Waals surface area contributed by atoms with E-state index in [1.807, 2.05) is 0 Å². The molecule has 1 aromatic rings. The summed E-state index contributed by atoms with van der Waals surface area (Å²) in [4.78, 5) is -0.859. The molecule has 0 N–H and O–H groups in total. The summed E-state index contributed by atoms with van der Waals surface area (Å²) in [6, 6.07) is 2.33. The Morgan fingerprint density at radius 3 is 2.52 bits per heavy atom. The van der Waals surface area contributed by atoms with E-state index in [0.717, 1.165) is 28.8 Å². The van der Waals surface area contributed by atoms with E-state index >= 15 is 0 Å². The largest absolute Gasteiger partial charge is 0.378 e. The second-order valence-electron chi connectivity index (χ2n) is 4.90. The summed E-state index contributed by atoms with van der Waals surface area (Å²) in [5.74, 6) is -0.971. The zero-order valence-electron chi connectivity index (χ0n) is 11.6. The molecule has 1 aliphatic heterocycles. The van der Waals surface area contributed by atoms with Gasteiger partial charge in [-0.3, -0.25) is 0 Å². The monoisotopic (exact) mass is 337 g/mol. The Labute approximate surface area is 123 Å². The maximum Gasteiger partial charge on any atom is 0.246 e. The molecule has 21 heavy (non-hydrogen) atoms. The average molecular weight is 337 g/mol. The highest BCUT2D eigenvalue weighted by molar-refractivity contribution is 7.91. The third kappa shape index (κ3) is 3.25. The Morgan fingerprint density at radius 1 is 1.29 bits per heavy atom. The first-order chi connectivity index (χ1) is 9.64. The number of hydrogen-bond donors (Lipinski definition) is 0. The summed E-state index contributed by atoms with van der Waals surface area (Å²) < 4.78 is 68.3. The van der Waals surface area contributed by atoms with Crippen LogP contribution in [0.1, 0.15) is 6.92 Å². The number of halogens is 1. The molecule has 1 heterocycles. The number of hydrogen-bond acceptors (Lipinski definition) is 5. The van der Waals surface area contributed by atoms with Gasteiger partial charge in [0.05, 0.1) is 18.1 Å². The summed E-state index contributed by atoms with van der Waals surface area (Å²) >= 11 is 0. The van der Waals surface area contributed by atoms with Crippen molar-refractivity contribution in [1.29, 1.82) is 0 Å². The van der Waals surface area contributed by atoms with Gasteiger partial charge in [-0.05, 0) is 25.1 Å². The molecule has 0 radical (unpaired) electrons. The number of benzene rings is 1. The molecule has 1 saturated heterocycles. The van der Waals surface area contributed by atoms with Crippen LogP contribution in [0.3, 0.4) is 0 Å². The minimum atomic E-state index is -4.11. The molecule has 0 amide bonds. The lowest BCUT2D eigenvalue weighted by atomic mass is 10.3. The van der Waals surface area contributed by atoms with Gasteiger partial charge >= 0.3 is 0 Å². The van der Waals surface area contributed by atoms with Crippen molar-refractivity contribution in [3.63, 3.8) is 0 Å². The van der Waals surface area contributed by atoms with Crippen LogP contribution in [0.5, 0.6) is 0 Å². The van der Waals surface area contributed by atoms with E-state index in [1.54, 1.807) is 6.92 Å². The van der Waals surface area contributed by atoms with Gasteiger partial charge in [-0.1, -0.05) is 0 Å². The van der Waals surface area contributed by atoms with Crippen LogP contribution in [0.25, 0.3) is 0 Å². The Bertz CT molecular complexity index is 745. The Kier molecular flexibility index (Phi) is 4.39.